The molecular weight excluding hydrogens is 330 g/mol. The smallest absolute Gasteiger partial charge is 0.407 e. The maximum atomic E-state index is 11.7. The second-order valence-electron chi connectivity index (χ2n) is 7.53. The molecule has 6 nitrogen and oxygen atoms in total. The lowest BCUT2D eigenvalue weighted by molar-refractivity contribution is -0.0383. The first-order valence-electron chi connectivity index (χ1n) is 9.14. The van der Waals surface area contributed by atoms with E-state index in [0.29, 0.717) is 6.54 Å². The van der Waals surface area contributed by atoms with Crippen LogP contribution in [0.15, 0.2) is 36.5 Å². The van der Waals surface area contributed by atoms with Crippen LogP contribution in [0.2, 0.25) is 0 Å². The third-order valence-corrected chi connectivity index (χ3v) is 4.18. The predicted molar refractivity (Wildman–Crippen MR) is 99.6 cm³/mol. The van der Waals surface area contributed by atoms with Crippen LogP contribution >= 0.6 is 0 Å². The maximum Gasteiger partial charge on any atom is 0.407 e. The standard InChI is InChI=1S/C20H27N3O3/c1-20(2,3)26-19(24)21-14-15-7-9-16(10-8-15)17-11-12-22-23(17)18-6-4-5-13-25-18/h7-12,18H,4-6,13-14H2,1-3H3,(H,21,24). The molecule has 1 aromatic heterocycles. The highest BCUT2D eigenvalue weighted by molar-refractivity contribution is 5.67. The molecule has 1 unspecified atom stereocenters. The second kappa shape index (κ2) is 7.91. The third kappa shape index (κ3) is 4.85. The molecule has 1 aliphatic rings. The van der Waals surface area contributed by atoms with Crippen LogP contribution in [0.25, 0.3) is 11.3 Å². The summed E-state index contributed by atoms with van der Waals surface area (Å²) < 4.78 is 13.1. The van der Waals surface area contributed by atoms with E-state index in [1.54, 1.807) is 0 Å². The fourth-order valence-corrected chi connectivity index (χ4v) is 2.97. The summed E-state index contributed by atoms with van der Waals surface area (Å²) >= 11 is 0. The fourth-order valence-electron chi connectivity index (χ4n) is 2.97. The molecule has 0 bridgehead atoms. The Morgan fingerprint density at radius 3 is 2.69 bits per heavy atom. The van der Waals surface area contributed by atoms with Gasteiger partial charge in [0.2, 0.25) is 0 Å². The zero-order valence-electron chi connectivity index (χ0n) is 15.7. The van der Waals surface area contributed by atoms with Gasteiger partial charge < -0.3 is 14.8 Å². The first-order chi connectivity index (χ1) is 12.4. The molecule has 26 heavy (non-hydrogen) atoms. The van der Waals surface area contributed by atoms with Crippen LogP contribution in [0, 0.1) is 0 Å². The van der Waals surface area contributed by atoms with Crippen molar-refractivity contribution in [3.63, 3.8) is 0 Å². The summed E-state index contributed by atoms with van der Waals surface area (Å²) in [5.74, 6) is 0. The molecule has 2 heterocycles. The van der Waals surface area contributed by atoms with Crippen LogP contribution in [0.1, 0.15) is 51.8 Å². The second-order valence-corrected chi connectivity index (χ2v) is 7.53. The van der Waals surface area contributed by atoms with Gasteiger partial charge in [0.1, 0.15) is 5.60 Å². The molecule has 2 aromatic rings. The average Bonchev–Trinajstić information content (AvgIpc) is 3.09. The Hall–Kier alpha value is -2.34. The number of benzene rings is 1. The lowest BCUT2D eigenvalue weighted by Gasteiger charge is -2.24. The van der Waals surface area contributed by atoms with E-state index in [1.165, 1.54) is 6.42 Å². The number of nitrogens with zero attached hydrogens (tertiary/aromatic N) is 2. The summed E-state index contributed by atoms with van der Waals surface area (Å²) in [6.45, 7) is 6.76. The van der Waals surface area contributed by atoms with E-state index in [0.717, 1.165) is 36.3 Å². The minimum absolute atomic E-state index is 0.0160. The summed E-state index contributed by atoms with van der Waals surface area (Å²) in [5, 5.41) is 7.22. The number of carbonyl (C=O) groups is 1. The number of aromatic nitrogens is 2. The Labute approximate surface area is 154 Å². The molecule has 1 amide bonds. The molecule has 1 atom stereocenters. The Bertz CT molecular complexity index is 726. The normalized spacial score (nSPS) is 17.7. The molecule has 1 aromatic carbocycles. The van der Waals surface area contributed by atoms with Gasteiger partial charge in [0.25, 0.3) is 0 Å². The molecule has 0 spiro atoms. The number of hydrogen-bond acceptors (Lipinski definition) is 4. The van der Waals surface area contributed by atoms with Crippen LogP contribution < -0.4 is 5.32 Å². The maximum absolute atomic E-state index is 11.7. The van der Waals surface area contributed by atoms with Crippen LogP contribution in [0.4, 0.5) is 4.79 Å². The van der Waals surface area contributed by atoms with Crippen molar-refractivity contribution < 1.29 is 14.3 Å². The third-order valence-electron chi connectivity index (χ3n) is 4.18. The molecule has 1 N–H and O–H groups in total. The predicted octanol–water partition coefficient (Wildman–Crippen LogP) is 4.27. The van der Waals surface area contributed by atoms with E-state index in [9.17, 15) is 4.79 Å². The van der Waals surface area contributed by atoms with Crippen LogP contribution in [0.3, 0.4) is 0 Å². The lowest BCUT2D eigenvalue weighted by atomic mass is 10.1. The van der Waals surface area contributed by atoms with Crippen molar-refractivity contribution in [2.24, 2.45) is 0 Å². The summed E-state index contributed by atoms with van der Waals surface area (Å²) in [4.78, 5) is 11.7. The fraction of sp³-hybridized carbons (Fsp3) is 0.500. The van der Waals surface area contributed by atoms with Gasteiger partial charge in [-0.3, -0.25) is 0 Å². The van der Waals surface area contributed by atoms with Crippen LogP contribution in [-0.2, 0) is 16.0 Å². The minimum Gasteiger partial charge on any atom is -0.444 e. The van der Waals surface area contributed by atoms with Crippen molar-refractivity contribution in [1.29, 1.82) is 0 Å². The van der Waals surface area contributed by atoms with Gasteiger partial charge in [-0.05, 0) is 57.2 Å². The topological polar surface area (TPSA) is 65.4 Å². The molecule has 140 valence electrons. The number of carbonyl (C=O) groups excluding carboxylic acids is 1. The number of ether oxygens (including phenoxy) is 2. The van der Waals surface area contributed by atoms with Gasteiger partial charge in [0, 0.05) is 19.3 Å². The first kappa shape index (κ1) is 18.5. The highest BCUT2D eigenvalue weighted by atomic mass is 16.6. The quantitative estimate of drug-likeness (QED) is 0.887. The van der Waals surface area contributed by atoms with E-state index in [1.807, 2.05) is 62.0 Å². The number of nitrogens with one attached hydrogen (secondary N) is 1. The van der Waals surface area contributed by atoms with E-state index >= 15 is 0 Å². The van der Waals surface area contributed by atoms with Crippen molar-refractivity contribution in [2.75, 3.05) is 6.61 Å². The summed E-state index contributed by atoms with van der Waals surface area (Å²) in [6, 6.07) is 10.1. The lowest BCUT2D eigenvalue weighted by Crippen LogP contribution is -2.32. The highest BCUT2D eigenvalue weighted by Crippen LogP contribution is 2.28. The van der Waals surface area contributed by atoms with E-state index in [2.05, 4.69) is 10.4 Å². The largest absolute Gasteiger partial charge is 0.444 e. The Morgan fingerprint density at radius 1 is 1.27 bits per heavy atom. The highest BCUT2D eigenvalue weighted by Gasteiger charge is 2.19. The van der Waals surface area contributed by atoms with Gasteiger partial charge in [-0.1, -0.05) is 24.3 Å². The molecular formula is C20H27N3O3. The summed E-state index contributed by atoms with van der Waals surface area (Å²) in [5.41, 5.74) is 2.65. The molecule has 3 rings (SSSR count). The number of rotatable bonds is 4. The summed E-state index contributed by atoms with van der Waals surface area (Å²) in [6.07, 6.45) is 4.69. The van der Waals surface area contributed by atoms with Crippen LogP contribution in [0.5, 0.6) is 0 Å². The number of amides is 1. The minimum atomic E-state index is -0.493. The number of hydrogen-bond donors (Lipinski definition) is 1. The van der Waals surface area contributed by atoms with E-state index < -0.39 is 11.7 Å². The molecule has 0 saturated carbocycles. The van der Waals surface area contributed by atoms with Crippen molar-refractivity contribution in [1.82, 2.24) is 15.1 Å². The van der Waals surface area contributed by atoms with Gasteiger partial charge >= 0.3 is 6.09 Å². The summed E-state index contributed by atoms with van der Waals surface area (Å²) in [7, 11) is 0. The molecule has 0 radical (unpaired) electrons. The molecule has 6 heteroatoms. The Morgan fingerprint density at radius 2 is 2.04 bits per heavy atom. The van der Waals surface area contributed by atoms with Crippen molar-refractivity contribution >= 4 is 6.09 Å². The SMILES string of the molecule is CC(C)(C)OC(=O)NCc1ccc(-c2ccnn2C2CCCCO2)cc1. The van der Waals surface area contributed by atoms with E-state index in [4.69, 9.17) is 9.47 Å². The monoisotopic (exact) mass is 357 g/mol. The van der Waals surface area contributed by atoms with Gasteiger partial charge in [-0.2, -0.15) is 5.10 Å². The molecule has 1 saturated heterocycles. The van der Waals surface area contributed by atoms with Crippen molar-refractivity contribution in [3.8, 4) is 11.3 Å². The Kier molecular flexibility index (Phi) is 5.61. The van der Waals surface area contributed by atoms with Crippen LogP contribution in [-0.4, -0.2) is 28.1 Å². The van der Waals surface area contributed by atoms with Gasteiger partial charge in [-0.25, -0.2) is 9.48 Å². The zero-order chi connectivity index (χ0) is 18.6. The number of alkyl carbamates (subject to hydrolysis) is 1. The van der Waals surface area contributed by atoms with Gasteiger partial charge in [0.05, 0.1) is 5.69 Å². The molecule has 1 fully saturated rings. The van der Waals surface area contributed by atoms with Crippen molar-refractivity contribution in [2.45, 2.75) is 58.4 Å². The first-order valence-corrected chi connectivity index (χ1v) is 9.14. The Balaban J connectivity index is 1.63. The molecule has 0 aliphatic carbocycles. The molecule has 1 aliphatic heterocycles. The zero-order valence-corrected chi connectivity index (χ0v) is 15.7. The van der Waals surface area contributed by atoms with Gasteiger partial charge in [0.15, 0.2) is 6.23 Å². The van der Waals surface area contributed by atoms with Crippen molar-refractivity contribution in [3.05, 3.63) is 42.1 Å². The van der Waals surface area contributed by atoms with Gasteiger partial charge in [-0.15, -0.1) is 0 Å². The van der Waals surface area contributed by atoms with E-state index in [-0.39, 0.29) is 6.23 Å². The average molecular weight is 357 g/mol.